The van der Waals surface area contributed by atoms with Gasteiger partial charge in [-0.1, -0.05) is 35.9 Å². The molecule has 2 N–H and O–H groups in total. The van der Waals surface area contributed by atoms with Crippen LogP contribution in [0.1, 0.15) is 28.4 Å². The molecule has 156 valence electrons. The maximum Gasteiger partial charge on any atom is 0.257 e. The molecule has 0 unspecified atom stereocenters. The second-order valence-electron chi connectivity index (χ2n) is 6.42. The van der Waals surface area contributed by atoms with Crippen LogP contribution in [-0.4, -0.2) is 36.4 Å². The third-order valence-electron chi connectivity index (χ3n) is 4.15. The van der Waals surface area contributed by atoms with Crippen molar-refractivity contribution < 1.29 is 4.79 Å². The lowest BCUT2D eigenvalue weighted by molar-refractivity contribution is 0.0978. The Bertz CT molecular complexity index is 951. The van der Waals surface area contributed by atoms with Crippen molar-refractivity contribution >= 4 is 40.3 Å². The van der Waals surface area contributed by atoms with Gasteiger partial charge in [0.25, 0.3) is 5.91 Å². The minimum Gasteiger partial charge on any atom is -0.384 e. The predicted molar refractivity (Wildman–Crippen MR) is 130 cm³/mol. The van der Waals surface area contributed by atoms with E-state index in [0.717, 1.165) is 11.6 Å². The number of benzene rings is 2. The molecule has 0 spiro atoms. The van der Waals surface area contributed by atoms with E-state index in [0.29, 0.717) is 10.7 Å². The number of aliphatic imine (C=N–C) groups is 3. The number of fused-ring (bicyclic) bond motifs is 1. The average Bonchev–Trinajstić information content (AvgIpc) is 3.22. The Balaban J connectivity index is 0.000000263. The maximum absolute atomic E-state index is 12.1. The Hall–Kier alpha value is -3.19. The van der Waals surface area contributed by atoms with E-state index in [1.54, 1.807) is 31.3 Å². The molecule has 30 heavy (non-hydrogen) atoms. The molecule has 1 aliphatic heterocycles. The molecule has 0 radical (unpaired) electrons. The molecule has 0 fully saturated rings. The highest BCUT2D eigenvalue weighted by atomic mass is 32.2. The van der Waals surface area contributed by atoms with Gasteiger partial charge in [-0.3, -0.25) is 14.8 Å². The van der Waals surface area contributed by atoms with Crippen LogP contribution in [0.4, 0.5) is 5.69 Å². The molecule has 1 amide bonds. The number of hydrogen-bond donors (Lipinski definition) is 2. The summed E-state index contributed by atoms with van der Waals surface area (Å²) in [5, 5.41) is 7.29. The molecule has 0 aromatic heterocycles. The number of hydrogen-bond acceptors (Lipinski definition) is 6. The Kier molecular flexibility index (Phi) is 9.54. The van der Waals surface area contributed by atoms with Gasteiger partial charge in [0.05, 0.1) is 5.04 Å². The fourth-order valence-corrected chi connectivity index (χ4v) is 3.24. The predicted octanol–water partition coefficient (Wildman–Crippen LogP) is 4.69. The number of amidine groups is 1. The molecule has 0 aliphatic carbocycles. The molecule has 0 saturated heterocycles. The van der Waals surface area contributed by atoms with Gasteiger partial charge in [0.1, 0.15) is 0 Å². The van der Waals surface area contributed by atoms with Crippen LogP contribution in [0.3, 0.4) is 0 Å². The monoisotopic (exact) mass is 421 g/mol. The van der Waals surface area contributed by atoms with Crippen LogP contribution in [0.15, 0.2) is 75.9 Å². The van der Waals surface area contributed by atoms with E-state index in [-0.39, 0.29) is 5.91 Å². The quantitative estimate of drug-likeness (QED) is 0.557. The summed E-state index contributed by atoms with van der Waals surface area (Å²) in [6, 6.07) is 15.5. The summed E-state index contributed by atoms with van der Waals surface area (Å²) in [6.45, 7) is 8.40. The SMILES string of the molecule is C=N/C=C/N=C(NC(=O)c1ccccc1)SC(C)=NC.Cc1ccc2c(c1)CCN2. The molecule has 6 nitrogen and oxygen atoms in total. The molecule has 2 aromatic carbocycles. The Morgan fingerprint density at radius 2 is 1.97 bits per heavy atom. The van der Waals surface area contributed by atoms with Crippen molar-refractivity contribution in [3.63, 3.8) is 0 Å². The first-order valence-electron chi connectivity index (χ1n) is 9.53. The van der Waals surface area contributed by atoms with Crippen molar-refractivity contribution in [2.45, 2.75) is 20.3 Å². The number of rotatable bonds is 3. The minimum absolute atomic E-state index is 0.222. The first-order chi connectivity index (χ1) is 14.5. The highest BCUT2D eigenvalue weighted by Crippen LogP contribution is 2.22. The number of thioether (sulfide) groups is 1. The molecular weight excluding hydrogens is 394 g/mol. The van der Waals surface area contributed by atoms with E-state index < -0.39 is 0 Å². The Labute approximate surface area is 182 Å². The Morgan fingerprint density at radius 1 is 1.20 bits per heavy atom. The normalized spacial score (nSPS) is 13.2. The number of nitrogens with zero attached hydrogens (tertiary/aromatic N) is 3. The first kappa shape index (κ1) is 23.1. The van der Waals surface area contributed by atoms with Crippen LogP contribution < -0.4 is 10.6 Å². The van der Waals surface area contributed by atoms with E-state index in [9.17, 15) is 4.79 Å². The van der Waals surface area contributed by atoms with Gasteiger partial charge in [0.2, 0.25) is 0 Å². The lowest BCUT2D eigenvalue weighted by Gasteiger charge is -2.07. The number of carbonyl (C=O) groups is 1. The molecule has 0 saturated carbocycles. The van der Waals surface area contributed by atoms with Crippen molar-refractivity contribution in [3.8, 4) is 0 Å². The van der Waals surface area contributed by atoms with Gasteiger partial charge in [-0.05, 0) is 62.5 Å². The Morgan fingerprint density at radius 3 is 2.67 bits per heavy atom. The molecule has 1 aliphatic rings. The van der Waals surface area contributed by atoms with Gasteiger partial charge in [0, 0.05) is 37.2 Å². The summed E-state index contributed by atoms with van der Waals surface area (Å²) >= 11 is 1.27. The van der Waals surface area contributed by atoms with Crippen LogP contribution in [0.5, 0.6) is 0 Å². The topological polar surface area (TPSA) is 78.2 Å². The van der Waals surface area contributed by atoms with Crippen LogP contribution in [0, 0.1) is 6.92 Å². The largest absolute Gasteiger partial charge is 0.384 e. The smallest absolute Gasteiger partial charge is 0.257 e. The first-order valence-corrected chi connectivity index (χ1v) is 10.3. The summed E-state index contributed by atoms with van der Waals surface area (Å²) in [5.41, 5.74) is 4.73. The van der Waals surface area contributed by atoms with Crippen molar-refractivity contribution in [1.29, 1.82) is 0 Å². The lowest BCUT2D eigenvalue weighted by atomic mass is 10.1. The van der Waals surface area contributed by atoms with E-state index in [2.05, 4.69) is 57.5 Å². The fraction of sp³-hybridized carbons (Fsp3) is 0.217. The standard InChI is InChI=1S/C14H16N4OS.C9H11N/c1-11(16-3)20-14(17-10-9-15-2)18-13(19)12-7-5-4-6-8-12;1-7-2-3-9-8(6-7)4-5-10-9/h4-10H,2H2,1,3H3,(H,17,18,19);2-3,6,10H,4-5H2,1H3/b10-9+,16-11?;. The highest BCUT2D eigenvalue weighted by molar-refractivity contribution is 8.26. The number of aryl methyl sites for hydroxylation is 1. The minimum atomic E-state index is -0.222. The molecule has 0 atom stereocenters. The number of nitrogens with one attached hydrogen (secondary N) is 2. The fourth-order valence-electron chi connectivity index (χ4n) is 2.61. The van der Waals surface area contributed by atoms with Crippen molar-refractivity contribution in [1.82, 2.24) is 5.32 Å². The zero-order valence-electron chi connectivity index (χ0n) is 17.6. The van der Waals surface area contributed by atoms with E-state index in [4.69, 9.17) is 0 Å². The zero-order valence-corrected chi connectivity index (χ0v) is 18.4. The van der Waals surface area contributed by atoms with Gasteiger partial charge < -0.3 is 10.6 Å². The number of amides is 1. The van der Waals surface area contributed by atoms with Crippen LogP contribution in [0.2, 0.25) is 0 Å². The molecule has 7 heteroatoms. The van der Waals surface area contributed by atoms with Crippen LogP contribution >= 0.6 is 11.8 Å². The summed E-state index contributed by atoms with van der Waals surface area (Å²) in [4.78, 5) is 23.8. The molecule has 0 bridgehead atoms. The van der Waals surface area contributed by atoms with Gasteiger partial charge in [0.15, 0.2) is 5.17 Å². The van der Waals surface area contributed by atoms with Gasteiger partial charge in [-0.2, -0.15) is 0 Å². The third-order valence-corrected chi connectivity index (χ3v) is 5.03. The van der Waals surface area contributed by atoms with E-state index in [1.165, 1.54) is 47.4 Å². The molecule has 1 heterocycles. The van der Waals surface area contributed by atoms with Gasteiger partial charge >= 0.3 is 0 Å². The highest BCUT2D eigenvalue weighted by Gasteiger charge is 2.10. The maximum atomic E-state index is 12.1. The van der Waals surface area contributed by atoms with Crippen LogP contribution in [0.25, 0.3) is 0 Å². The van der Waals surface area contributed by atoms with Crippen molar-refractivity contribution in [2.75, 3.05) is 18.9 Å². The average molecular weight is 422 g/mol. The van der Waals surface area contributed by atoms with E-state index in [1.807, 2.05) is 13.0 Å². The third kappa shape index (κ3) is 7.67. The van der Waals surface area contributed by atoms with E-state index >= 15 is 0 Å². The lowest BCUT2D eigenvalue weighted by Crippen LogP contribution is -2.28. The number of anilines is 1. The summed E-state index contributed by atoms with van der Waals surface area (Å²) in [5.74, 6) is -0.222. The summed E-state index contributed by atoms with van der Waals surface area (Å²) in [7, 11) is 1.68. The second-order valence-corrected chi connectivity index (χ2v) is 7.60. The second kappa shape index (κ2) is 12.4. The number of carbonyl (C=O) groups excluding carboxylic acids is 1. The van der Waals surface area contributed by atoms with Gasteiger partial charge in [-0.25, -0.2) is 4.99 Å². The van der Waals surface area contributed by atoms with Gasteiger partial charge in [-0.15, -0.1) is 0 Å². The zero-order chi connectivity index (χ0) is 21.8. The molecule has 3 rings (SSSR count). The van der Waals surface area contributed by atoms with Crippen LogP contribution in [-0.2, 0) is 6.42 Å². The summed E-state index contributed by atoms with van der Waals surface area (Å²) < 4.78 is 0. The van der Waals surface area contributed by atoms with Crippen molar-refractivity contribution in [2.24, 2.45) is 15.0 Å². The molecular formula is C23H27N5OS. The summed E-state index contributed by atoms with van der Waals surface area (Å²) in [6.07, 6.45) is 4.09. The molecule has 2 aromatic rings. The van der Waals surface area contributed by atoms with Crippen molar-refractivity contribution in [3.05, 3.63) is 77.6 Å².